The van der Waals surface area contributed by atoms with Crippen molar-refractivity contribution in [3.63, 3.8) is 0 Å². The zero-order valence-corrected chi connectivity index (χ0v) is 9.33. The first kappa shape index (κ1) is 12.6. The normalized spacial score (nSPS) is 14.9. The van der Waals surface area contributed by atoms with Crippen molar-refractivity contribution in [1.82, 2.24) is 4.57 Å². The van der Waals surface area contributed by atoms with Crippen LogP contribution >= 0.6 is 0 Å². The lowest BCUT2D eigenvalue weighted by atomic mass is 9.96. The molecule has 0 bridgehead atoms. The fourth-order valence-corrected chi connectivity index (χ4v) is 1.29. The third kappa shape index (κ3) is 2.06. The molecular weight excluding hydrogens is 218 g/mol. The molecule has 90 valence electrons. The van der Waals surface area contributed by atoms with E-state index >= 15 is 0 Å². The van der Waals surface area contributed by atoms with Gasteiger partial charge in [0.05, 0.1) is 7.11 Å². The number of aromatic nitrogens is 1. The molecule has 1 heterocycles. The molecule has 4 nitrogen and oxygen atoms in total. The number of nitrogens with zero attached hydrogens (tertiary/aromatic N) is 1. The Morgan fingerprint density at radius 3 is 2.62 bits per heavy atom. The van der Waals surface area contributed by atoms with Crippen molar-refractivity contribution in [2.75, 3.05) is 7.11 Å². The summed E-state index contributed by atoms with van der Waals surface area (Å²) in [4.78, 5) is 11.3. The highest BCUT2D eigenvalue weighted by Gasteiger charge is 2.34. The average Bonchev–Trinajstić information content (AvgIpc) is 2.59. The van der Waals surface area contributed by atoms with Crippen molar-refractivity contribution in [2.24, 2.45) is 12.8 Å². The van der Waals surface area contributed by atoms with Gasteiger partial charge in [0.25, 0.3) is 6.43 Å². The molecule has 16 heavy (non-hydrogen) atoms. The Kier molecular flexibility index (Phi) is 3.32. The van der Waals surface area contributed by atoms with Gasteiger partial charge >= 0.3 is 5.97 Å². The van der Waals surface area contributed by atoms with Gasteiger partial charge in [0.2, 0.25) is 0 Å². The smallest absolute Gasteiger partial charge is 0.354 e. The van der Waals surface area contributed by atoms with Crippen LogP contribution in [0.3, 0.4) is 0 Å². The second-order valence-corrected chi connectivity index (χ2v) is 3.80. The molecule has 0 radical (unpaired) electrons. The van der Waals surface area contributed by atoms with Gasteiger partial charge in [-0.15, -0.1) is 0 Å². The first-order chi connectivity index (χ1) is 7.30. The number of halogens is 2. The van der Waals surface area contributed by atoms with Crippen molar-refractivity contribution in [2.45, 2.75) is 18.9 Å². The summed E-state index contributed by atoms with van der Waals surface area (Å²) in [6.45, 7) is 1.22. The van der Waals surface area contributed by atoms with E-state index < -0.39 is 17.9 Å². The molecule has 1 aromatic heterocycles. The summed E-state index contributed by atoms with van der Waals surface area (Å²) >= 11 is 0. The van der Waals surface area contributed by atoms with Gasteiger partial charge in [0.15, 0.2) is 0 Å². The third-order valence-electron chi connectivity index (χ3n) is 2.47. The minimum Gasteiger partial charge on any atom is -0.464 e. The van der Waals surface area contributed by atoms with Gasteiger partial charge in [-0.05, 0) is 18.6 Å². The molecule has 0 spiro atoms. The van der Waals surface area contributed by atoms with E-state index in [-0.39, 0.29) is 11.3 Å². The standard InChI is InChI=1S/C10H14F2N2O2/c1-10(13,9(11)12)6-4-7(8(15)16-3)14(2)5-6/h4-5,9H,13H2,1-3H3. The average molecular weight is 232 g/mol. The molecule has 1 aromatic rings. The zero-order valence-electron chi connectivity index (χ0n) is 9.33. The predicted molar refractivity (Wildman–Crippen MR) is 54.3 cm³/mol. The Balaban J connectivity index is 3.15. The maximum absolute atomic E-state index is 12.7. The number of methoxy groups -OCH3 is 1. The van der Waals surface area contributed by atoms with Crippen LogP contribution in [0.15, 0.2) is 12.3 Å². The van der Waals surface area contributed by atoms with Gasteiger partial charge in [0.1, 0.15) is 11.2 Å². The van der Waals surface area contributed by atoms with E-state index in [4.69, 9.17) is 5.73 Å². The molecule has 1 rings (SSSR count). The van der Waals surface area contributed by atoms with E-state index in [0.29, 0.717) is 0 Å². The highest BCUT2D eigenvalue weighted by atomic mass is 19.3. The van der Waals surface area contributed by atoms with Crippen LogP contribution in [0, 0.1) is 0 Å². The second kappa shape index (κ2) is 4.21. The summed E-state index contributed by atoms with van der Waals surface area (Å²) in [7, 11) is 2.79. The van der Waals surface area contributed by atoms with Gasteiger partial charge in [-0.1, -0.05) is 0 Å². The van der Waals surface area contributed by atoms with Crippen LogP contribution in [0.25, 0.3) is 0 Å². The molecule has 0 aliphatic rings. The third-order valence-corrected chi connectivity index (χ3v) is 2.47. The molecule has 0 aliphatic carbocycles. The number of rotatable bonds is 3. The fraction of sp³-hybridized carbons (Fsp3) is 0.500. The van der Waals surface area contributed by atoms with Gasteiger partial charge in [-0.2, -0.15) is 0 Å². The number of carbonyl (C=O) groups excluding carboxylic acids is 1. The first-order valence-electron chi connectivity index (χ1n) is 4.63. The van der Waals surface area contributed by atoms with E-state index in [2.05, 4.69) is 4.74 Å². The lowest BCUT2D eigenvalue weighted by Gasteiger charge is -2.22. The van der Waals surface area contributed by atoms with Gasteiger partial charge in [-0.25, -0.2) is 13.6 Å². The Morgan fingerprint density at radius 1 is 1.62 bits per heavy atom. The molecule has 1 unspecified atom stereocenters. The second-order valence-electron chi connectivity index (χ2n) is 3.80. The van der Waals surface area contributed by atoms with Crippen molar-refractivity contribution in [1.29, 1.82) is 0 Å². The number of nitrogens with two attached hydrogens (primary N) is 1. The molecule has 1 atom stereocenters. The van der Waals surface area contributed by atoms with E-state index in [9.17, 15) is 13.6 Å². The van der Waals surface area contributed by atoms with Gasteiger partial charge in [0, 0.05) is 13.2 Å². The summed E-state index contributed by atoms with van der Waals surface area (Å²) in [6, 6.07) is 1.32. The number of carbonyl (C=O) groups is 1. The SMILES string of the molecule is COC(=O)c1cc(C(C)(N)C(F)F)cn1C. The molecule has 0 amide bonds. The Hall–Kier alpha value is -1.43. The van der Waals surface area contributed by atoms with Crippen molar-refractivity contribution < 1.29 is 18.3 Å². The lowest BCUT2D eigenvalue weighted by Crippen LogP contribution is -2.40. The molecule has 6 heteroatoms. The topological polar surface area (TPSA) is 57.2 Å². The minimum atomic E-state index is -2.71. The number of aryl methyl sites for hydroxylation is 1. The number of esters is 1. The maximum atomic E-state index is 12.7. The largest absolute Gasteiger partial charge is 0.464 e. The van der Waals surface area contributed by atoms with E-state index in [0.717, 1.165) is 0 Å². The molecule has 0 saturated heterocycles. The highest BCUT2D eigenvalue weighted by Crippen LogP contribution is 2.26. The van der Waals surface area contributed by atoms with E-state index in [1.165, 1.54) is 30.9 Å². The van der Waals surface area contributed by atoms with Crippen LogP contribution in [0.2, 0.25) is 0 Å². The quantitative estimate of drug-likeness (QED) is 0.798. The Morgan fingerprint density at radius 2 is 2.19 bits per heavy atom. The number of ether oxygens (including phenoxy) is 1. The van der Waals surface area contributed by atoms with Crippen LogP contribution in [0.1, 0.15) is 23.0 Å². The summed E-state index contributed by atoms with van der Waals surface area (Å²) in [5.74, 6) is -0.584. The van der Waals surface area contributed by atoms with Crippen molar-refractivity contribution in [3.05, 3.63) is 23.5 Å². The molecule has 0 aromatic carbocycles. The van der Waals surface area contributed by atoms with Crippen molar-refractivity contribution >= 4 is 5.97 Å². The summed E-state index contributed by atoms with van der Waals surface area (Å²) in [6.07, 6.45) is -1.31. The summed E-state index contributed by atoms with van der Waals surface area (Å²) in [5.41, 5.74) is 4.10. The number of alkyl halides is 2. The first-order valence-corrected chi connectivity index (χ1v) is 4.63. The Bertz CT molecular complexity index is 400. The van der Waals surface area contributed by atoms with Crippen LogP contribution in [0.5, 0.6) is 0 Å². The lowest BCUT2D eigenvalue weighted by molar-refractivity contribution is 0.0585. The zero-order chi connectivity index (χ0) is 12.5. The Labute approximate surface area is 92.0 Å². The predicted octanol–water partition coefficient (Wildman–Crippen LogP) is 1.25. The van der Waals surface area contributed by atoms with Crippen LogP contribution < -0.4 is 5.73 Å². The minimum absolute atomic E-state index is 0.190. The van der Waals surface area contributed by atoms with Crippen LogP contribution in [-0.4, -0.2) is 24.1 Å². The van der Waals surface area contributed by atoms with E-state index in [1.54, 1.807) is 7.05 Å². The molecular formula is C10H14F2N2O2. The number of hydrogen-bond donors (Lipinski definition) is 1. The summed E-state index contributed by atoms with van der Waals surface area (Å²) in [5, 5.41) is 0. The molecule has 2 N–H and O–H groups in total. The van der Waals surface area contributed by atoms with Gasteiger partial charge in [-0.3, -0.25) is 0 Å². The van der Waals surface area contributed by atoms with E-state index in [1.807, 2.05) is 0 Å². The summed E-state index contributed by atoms with van der Waals surface area (Å²) < 4.78 is 31.3. The number of hydrogen-bond acceptors (Lipinski definition) is 3. The monoisotopic (exact) mass is 232 g/mol. The molecule has 0 saturated carbocycles. The highest BCUT2D eigenvalue weighted by molar-refractivity contribution is 5.88. The fourth-order valence-electron chi connectivity index (χ4n) is 1.29. The van der Waals surface area contributed by atoms with Crippen molar-refractivity contribution in [3.8, 4) is 0 Å². The van der Waals surface area contributed by atoms with Gasteiger partial charge < -0.3 is 15.0 Å². The maximum Gasteiger partial charge on any atom is 0.354 e. The molecule has 0 fully saturated rings. The van der Waals surface area contributed by atoms with Crippen LogP contribution in [-0.2, 0) is 17.3 Å². The molecule has 0 aliphatic heterocycles. The van der Waals surface area contributed by atoms with Crippen LogP contribution in [0.4, 0.5) is 8.78 Å².